The van der Waals surface area contributed by atoms with Gasteiger partial charge >= 0.3 is 0 Å². The number of rotatable bonds is 11. The molecule has 2 amide bonds. The first-order valence-electron chi connectivity index (χ1n) is 10.6. The number of benzene rings is 2. The summed E-state index contributed by atoms with van der Waals surface area (Å²) in [6.45, 7) is 0. The fraction of sp³-hybridized carbons (Fsp3) is 0.292. The first kappa shape index (κ1) is 28.3. The van der Waals surface area contributed by atoms with Crippen molar-refractivity contribution >= 4 is 29.9 Å². The van der Waals surface area contributed by atoms with Gasteiger partial charge in [0, 0.05) is 17.5 Å². The van der Waals surface area contributed by atoms with Gasteiger partial charge in [0.25, 0.3) is 0 Å². The first-order chi connectivity index (χ1) is 16.8. The molecule has 3 aromatic rings. The quantitative estimate of drug-likeness (QED) is 0.345. The van der Waals surface area contributed by atoms with E-state index < -0.39 is 17.9 Å². The van der Waals surface area contributed by atoms with Crippen LogP contribution >= 0.6 is 12.4 Å². The minimum atomic E-state index is -0.916. The number of halogens is 1. The SMILES string of the molecule is COc1ccc(-c2cnoc2-c2cc(OC)c(OC)c(OC)c2)cc1NC(=O)C(N)CCC(N)=O.Cl. The lowest BCUT2D eigenvalue weighted by molar-refractivity contribution is -0.119. The number of nitrogens with two attached hydrogens (primary N) is 2. The van der Waals surface area contributed by atoms with Gasteiger partial charge in [-0.1, -0.05) is 11.2 Å². The highest BCUT2D eigenvalue weighted by molar-refractivity contribution is 5.97. The predicted molar refractivity (Wildman–Crippen MR) is 136 cm³/mol. The Morgan fingerprint density at radius 3 is 2.17 bits per heavy atom. The fourth-order valence-electron chi connectivity index (χ4n) is 3.49. The molecule has 3 rings (SSSR count). The van der Waals surface area contributed by atoms with Gasteiger partial charge in [-0.05, 0) is 36.2 Å². The van der Waals surface area contributed by atoms with Crippen molar-refractivity contribution in [2.45, 2.75) is 18.9 Å². The molecule has 0 radical (unpaired) electrons. The molecule has 1 atom stereocenters. The third kappa shape index (κ3) is 6.18. The second kappa shape index (κ2) is 12.7. The summed E-state index contributed by atoms with van der Waals surface area (Å²) < 4.78 is 27.2. The molecule has 0 spiro atoms. The number of hydrogen-bond donors (Lipinski definition) is 3. The number of hydrogen-bond acceptors (Lipinski definition) is 9. The fourth-order valence-corrected chi connectivity index (χ4v) is 3.49. The molecule has 0 aliphatic rings. The molecule has 0 aliphatic carbocycles. The van der Waals surface area contributed by atoms with E-state index in [9.17, 15) is 9.59 Å². The lowest BCUT2D eigenvalue weighted by atomic mass is 10.0. The zero-order chi connectivity index (χ0) is 25.5. The minimum Gasteiger partial charge on any atom is -0.495 e. The number of aromatic nitrogens is 1. The van der Waals surface area contributed by atoms with Crippen LogP contribution in [0.4, 0.5) is 5.69 Å². The molecule has 0 saturated heterocycles. The van der Waals surface area contributed by atoms with E-state index in [0.29, 0.717) is 51.1 Å². The third-order valence-corrected chi connectivity index (χ3v) is 5.30. The number of methoxy groups -OCH3 is 4. The van der Waals surface area contributed by atoms with Gasteiger partial charge < -0.3 is 40.3 Å². The van der Waals surface area contributed by atoms with Gasteiger partial charge in [0.2, 0.25) is 17.6 Å². The Morgan fingerprint density at radius 1 is 0.972 bits per heavy atom. The maximum atomic E-state index is 12.6. The summed E-state index contributed by atoms with van der Waals surface area (Å²) in [5, 5.41) is 6.71. The van der Waals surface area contributed by atoms with Crippen LogP contribution in [0.2, 0.25) is 0 Å². The van der Waals surface area contributed by atoms with Crippen molar-refractivity contribution in [3.05, 3.63) is 36.5 Å². The number of carbonyl (C=O) groups is 2. The summed E-state index contributed by atoms with van der Waals surface area (Å²) in [5.41, 5.74) is 13.4. The van der Waals surface area contributed by atoms with Crippen molar-refractivity contribution in [3.63, 3.8) is 0 Å². The van der Waals surface area contributed by atoms with E-state index in [1.807, 2.05) is 0 Å². The van der Waals surface area contributed by atoms with E-state index in [-0.39, 0.29) is 25.2 Å². The van der Waals surface area contributed by atoms with E-state index in [1.54, 1.807) is 36.5 Å². The molecular formula is C24H29ClN4O7. The Morgan fingerprint density at radius 2 is 1.61 bits per heavy atom. The Hall–Kier alpha value is -3.96. The van der Waals surface area contributed by atoms with Crippen molar-refractivity contribution in [2.75, 3.05) is 33.8 Å². The van der Waals surface area contributed by atoms with Crippen LogP contribution in [0.15, 0.2) is 41.1 Å². The van der Waals surface area contributed by atoms with Crippen molar-refractivity contribution in [1.82, 2.24) is 5.16 Å². The zero-order valence-electron chi connectivity index (χ0n) is 20.3. The van der Waals surface area contributed by atoms with Gasteiger partial charge in [0.05, 0.1) is 46.4 Å². The number of amides is 2. The van der Waals surface area contributed by atoms with E-state index >= 15 is 0 Å². The van der Waals surface area contributed by atoms with E-state index in [4.69, 9.17) is 34.9 Å². The smallest absolute Gasteiger partial charge is 0.241 e. The molecule has 194 valence electrons. The van der Waals surface area contributed by atoms with E-state index in [2.05, 4.69) is 10.5 Å². The van der Waals surface area contributed by atoms with Gasteiger partial charge in [0.1, 0.15) is 5.75 Å². The lowest BCUT2D eigenvalue weighted by Crippen LogP contribution is -2.36. The lowest BCUT2D eigenvalue weighted by Gasteiger charge is -2.15. The summed E-state index contributed by atoms with van der Waals surface area (Å²) in [6, 6.07) is 7.79. The van der Waals surface area contributed by atoms with Crippen LogP contribution in [0.1, 0.15) is 12.8 Å². The Bertz CT molecular complexity index is 1190. The average molecular weight is 521 g/mol. The summed E-state index contributed by atoms with van der Waals surface area (Å²) in [4.78, 5) is 23.6. The molecule has 12 heteroatoms. The molecule has 0 fully saturated rings. The van der Waals surface area contributed by atoms with Crippen molar-refractivity contribution in [2.24, 2.45) is 11.5 Å². The summed E-state index contributed by atoms with van der Waals surface area (Å²) in [6.07, 6.45) is 1.69. The molecule has 5 N–H and O–H groups in total. The van der Waals surface area contributed by atoms with Crippen molar-refractivity contribution < 1.29 is 33.1 Å². The Balaban J connectivity index is 0.00000456. The zero-order valence-corrected chi connectivity index (χ0v) is 21.1. The maximum absolute atomic E-state index is 12.6. The van der Waals surface area contributed by atoms with Gasteiger partial charge in [-0.15, -0.1) is 12.4 Å². The van der Waals surface area contributed by atoms with Crippen LogP contribution in [-0.2, 0) is 9.59 Å². The van der Waals surface area contributed by atoms with Crippen LogP contribution in [-0.4, -0.2) is 51.5 Å². The predicted octanol–water partition coefficient (Wildman–Crippen LogP) is 3.00. The topological polar surface area (TPSA) is 161 Å². The third-order valence-electron chi connectivity index (χ3n) is 5.30. The Kier molecular flexibility index (Phi) is 9.94. The normalized spacial score (nSPS) is 11.1. The summed E-state index contributed by atoms with van der Waals surface area (Å²) in [5.74, 6) is 1.23. The first-order valence-corrected chi connectivity index (χ1v) is 10.6. The molecule has 1 unspecified atom stereocenters. The largest absolute Gasteiger partial charge is 0.495 e. The molecule has 0 bridgehead atoms. The minimum absolute atomic E-state index is 0. The van der Waals surface area contributed by atoms with Crippen molar-refractivity contribution in [3.8, 4) is 45.4 Å². The summed E-state index contributed by atoms with van der Waals surface area (Å²) in [7, 11) is 6.05. The van der Waals surface area contributed by atoms with Crippen LogP contribution in [0.25, 0.3) is 22.5 Å². The molecular weight excluding hydrogens is 492 g/mol. The number of primary amides is 1. The second-order valence-electron chi connectivity index (χ2n) is 7.50. The standard InChI is InChI=1S/C24H28N4O7.ClH/c1-31-18-7-5-13(9-17(18)28-24(30)16(25)6-8-21(26)29)15-12-27-35-22(15)14-10-19(32-2)23(34-4)20(11-14)33-3;/h5,7,9-12,16H,6,8,25H2,1-4H3,(H2,26,29)(H,28,30);1H. The number of nitrogens with zero attached hydrogens (tertiary/aromatic N) is 1. The number of carbonyl (C=O) groups excluding carboxylic acids is 2. The van der Waals surface area contributed by atoms with Crippen LogP contribution < -0.4 is 35.7 Å². The highest BCUT2D eigenvalue weighted by atomic mass is 35.5. The molecule has 0 aliphatic heterocycles. The van der Waals surface area contributed by atoms with E-state index in [1.165, 1.54) is 28.4 Å². The number of anilines is 1. The highest BCUT2D eigenvalue weighted by Gasteiger charge is 2.21. The molecule has 11 nitrogen and oxygen atoms in total. The summed E-state index contributed by atoms with van der Waals surface area (Å²) >= 11 is 0. The highest BCUT2D eigenvalue weighted by Crippen LogP contribution is 2.44. The van der Waals surface area contributed by atoms with Gasteiger partial charge in [0.15, 0.2) is 17.3 Å². The Labute approximate surface area is 214 Å². The molecule has 1 aromatic heterocycles. The second-order valence-corrected chi connectivity index (χ2v) is 7.50. The molecule has 1 heterocycles. The number of nitrogens with one attached hydrogen (secondary N) is 1. The van der Waals surface area contributed by atoms with Gasteiger partial charge in [-0.25, -0.2) is 0 Å². The molecule has 2 aromatic carbocycles. The van der Waals surface area contributed by atoms with Crippen LogP contribution in [0.5, 0.6) is 23.0 Å². The van der Waals surface area contributed by atoms with Crippen molar-refractivity contribution in [1.29, 1.82) is 0 Å². The van der Waals surface area contributed by atoms with Crippen LogP contribution in [0.3, 0.4) is 0 Å². The van der Waals surface area contributed by atoms with Gasteiger partial charge in [-0.3, -0.25) is 9.59 Å². The maximum Gasteiger partial charge on any atom is 0.241 e. The van der Waals surface area contributed by atoms with Gasteiger partial charge in [-0.2, -0.15) is 0 Å². The average Bonchev–Trinajstić information content (AvgIpc) is 3.36. The van der Waals surface area contributed by atoms with Crippen LogP contribution in [0, 0.1) is 0 Å². The molecule has 36 heavy (non-hydrogen) atoms. The van der Waals surface area contributed by atoms with E-state index in [0.717, 1.165) is 0 Å². The molecule has 0 saturated carbocycles. The monoisotopic (exact) mass is 520 g/mol. The number of ether oxygens (including phenoxy) is 4.